The molecular formula is C15H14ClN3O5. The molecule has 8 nitrogen and oxygen atoms in total. The van der Waals surface area contributed by atoms with Gasteiger partial charge < -0.3 is 19.9 Å². The number of aliphatic carboxylic acids is 1. The maximum Gasteiger partial charge on any atom is 0.325 e. The van der Waals surface area contributed by atoms with E-state index in [4.69, 9.17) is 26.2 Å². The second kappa shape index (κ2) is 6.79. The van der Waals surface area contributed by atoms with Crippen molar-refractivity contribution in [3.05, 3.63) is 35.0 Å². The van der Waals surface area contributed by atoms with E-state index in [0.717, 1.165) is 0 Å². The molecule has 24 heavy (non-hydrogen) atoms. The average molecular weight is 352 g/mol. The molecule has 0 radical (unpaired) electrons. The molecule has 1 aromatic carbocycles. The second-order valence-corrected chi connectivity index (χ2v) is 5.53. The molecule has 0 bridgehead atoms. The third-order valence-corrected chi connectivity index (χ3v) is 3.51. The summed E-state index contributed by atoms with van der Waals surface area (Å²) in [5.74, 6) is -0.0307. The van der Waals surface area contributed by atoms with Gasteiger partial charge in [0.15, 0.2) is 17.3 Å². The largest absolute Gasteiger partial charge is 0.486 e. The molecule has 0 spiro atoms. The Morgan fingerprint density at radius 1 is 1.33 bits per heavy atom. The predicted molar refractivity (Wildman–Crippen MR) is 84.6 cm³/mol. The fraction of sp³-hybridized carbons (Fsp3) is 0.267. The summed E-state index contributed by atoms with van der Waals surface area (Å²) < 4.78 is 12.1. The number of aromatic nitrogens is 2. The molecule has 1 aliphatic rings. The van der Waals surface area contributed by atoms with Crippen molar-refractivity contribution in [3.8, 4) is 11.5 Å². The van der Waals surface area contributed by atoms with Crippen LogP contribution in [-0.2, 0) is 22.6 Å². The standard InChI is InChI=1S/C15H14ClN3O5/c16-10-5-9(6-11-15(10)24-4-3-23-11)7-13(20)17-12-1-2-19(18-12)8-14(21)22/h1-2,5-6H,3-4,7-8H2,(H,21,22)(H,17,18,20). The number of carbonyl (C=O) groups is 2. The zero-order valence-electron chi connectivity index (χ0n) is 12.5. The molecule has 0 saturated heterocycles. The van der Waals surface area contributed by atoms with Gasteiger partial charge in [-0.1, -0.05) is 11.6 Å². The molecule has 0 aliphatic carbocycles. The summed E-state index contributed by atoms with van der Waals surface area (Å²) in [6.07, 6.45) is 1.55. The van der Waals surface area contributed by atoms with Crippen LogP contribution in [0.2, 0.25) is 5.02 Å². The Morgan fingerprint density at radius 3 is 2.92 bits per heavy atom. The smallest absolute Gasteiger partial charge is 0.325 e. The fourth-order valence-corrected chi connectivity index (χ4v) is 2.58. The van der Waals surface area contributed by atoms with Crippen LogP contribution in [0.15, 0.2) is 24.4 Å². The van der Waals surface area contributed by atoms with E-state index in [9.17, 15) is 9.59 Å². The lowest BCUT2D eigenvalue weighted by atomic mass is 10.1. The van der Waals surface area contributed by atoms with E-state index in [1.807, 2.05) is 0 Å². The highest BCUT2D eigenvalue weighted by atomic mass is 35.5. The maximum atomic E-state index is 12.1. The molecule has 0 unspecified atom stereocenters. The number of amides is 1. The van der Waals surface area contributed by atoms with Crippen molar-refractivity contribution in [1.29, 1.82) is 0 Å². The number of halogens is 1. The lowest BCUT2D eigenvalue weighted by Gasteiger charge is -2.20. The van der Waals surface area contributed by atoms with Crippen molar-refractivity contribution < 1.29 is 24.2 Å². The van der Waals surface area contributed by atoms with E-state index >= 15 is 0 Å². The maximum absolute atomic E-state index is 12.1. The monoisotopic (exact) mass is 351 g/mol. The second-order valence-electron chi connectivity index (χ2n) is 5.12. The molecule has 0 atom stereocenters. The van der Waals surface area contributed by atoms with Crippen LogP contribution in [0, 0.1) is 0 Å². The van der Waals surface area contributed by atoms with Gasteiger partial charge in [0, 0.05) is 12.3 Å². The van der Waals surface area contributed by atoms with Gasteiger partial charge in [0.2, 0.25) is 5.91 Å². The van der Waals surface area contributed by atoms with E-state index in [2.05, 4.69) is 10.4 Å². The zero-order chi connectivity index (χ0) is 17.1. The number of fused-ring (bicyclic) bond motifs is 1. The first-order chi connectivity index (χ1) is 11.5. The highest BCUT2D eigenvalue weighted by molar-refractivity contribution is 6.32. The van der Waals surface area contributed by atoms with E-state index in [1.54, 1.807) is 12.1 Å². The van der Waals surface area contributed by atoms with Crippen LogP contribution >= 0.6 is 11.6 Å². The van der Waals surface area contributed by atoms with Crippen LogP contribution in [0.3, 0.4) is 0 Å². The number of hydrogen-bond acceptors (Lipinski definition) is 5. The molecule has 126 valence electrons. The summed E-state index contributed by atoms with van der Waals surface area (Å²) in [7, 11) is 0. The Labute approximate surface area is 141 Å². The first-order valence-electron chi connectivity index (χ1n) is 7.14. The molecule has 0 fully saturated rings. The molecule has 9 heteroatoms. The van der Waals surface area contributed by atoms with Gasteiger partial charge >= 0.3 is 5.97 Å². The van der Waals surface area contributed by atoms with Gasteiger partial charge in [-0.3, -0.25) is 14.3 Å². The van der Waals surface area contributed by atoms with Crippen LogP contribution in [0.4, 0.5) is 5.82 Å². The number of carboxylic acid groups (broad SMARTS) is 1. The lowest BCUT2D eigenvalue weighted by Crippen LogP contribution is -2.18. The van der Waals surface area contributed by atoms with Crippen molar-refractivity contribution >= 4 is 29.3 Å². The minimum Gasteiger partial charge on any atom is -0.486 e. The summed E-state index contributed by atoms with van der Waals surface area (Å²) in [5.41, 5.74) is 0.673. The normalized spacial score (nSPS) is 12.7. The number of carbonyl (C=O) groups excluding carboxylic acids is 1. The minimum absolute atomic E-state index is 0.0716. The SMILES string of the molecule is O=C(O)Cn1ccc(NC(=O)Cc2cc(Cl)c3c(c2)OCCO3)n1. The quantitative estimate of drug-likeness (QED) is 0.847. The van der Waals surface area contributed by atoms with Crippen molar-refractivity contribution in [2.45, 2.75) is 13.0 Å². The highest BCUT2D eigenvalue weighted by Crippen LogP contribution is 2.38. The Morgan fingerprint density at radius 2 is 2.12 bits per heavy atom. The van der Waals surface area contributed by atoms with E-state index in [-0.39, 0.29) is 24.7 Å². The fourth-order valence-electron chi connectivity index (χ4n) is 2.29. The van der Waals surface area contributed by atoms with E-state index < -0.39 is 5.97 Å². The third-order valence-electron chi connectivity index (χ3n) is 3.23. The van der Waals surface area contributed by atoms with Crippen molar-refractivity contribution in [1.82, 2.24) is 9.78 Å². The summed E-state index contributed by atoms with van der Waals surface area (Å²) in [6.45, 7) is 0.596. The molecular weight excluding hydrogens is 338 g/mol. The van der Waals surface area contributed by atoms with Gasteiger partial charge in [-0.2, -0.15) is 5.10 Å². The van der Waals surface area contributed by atoms with Gasteiger partial charge in [0.25, 0.3) is 0 Å². The molecule has 2 aromatic rings. The first-order valence-corrected chi connectivity index (χ1v) is 7.52. The molecule has 0 saturated carbocycles. The Balaban J connectivity index is 1.65. The molecule has 1 amide bonds. The van der Waals surface area contributed by atoms with Crippen LogP contribution in [0.5, 0.6) is 11.5 Å². The summed E-state index contributed by atoms with van der Waals surface area (Å²) >= 11 is 6.13. The van der Waals surface area contributed by atoms with Gasteiger partial charge in [-0.05, 0) is 17.7 Å². The Hall–Kier alpha value is -2.74. The van der Waals surface area contributed by atoms with Crippen LogP contribution in [-0.4, -0.2) is 40.0 Å². The number of benzene rings is 1. The van der Waals surface area contributed by atoms with Crippen LogP contribution < -0.4 is 14.8 Å². The number of hydrogen-bond donors (Lipinski definition) is 2. The van der Waals surface area contributed by atoms with E-state index in [0.29, 0.717) is 35.3 Å². The number of ether oxygens (including phenoxy) is 2. The van der Waals surface area contributed by atoms with Crippen LogP contribution in [0.1, 0.15) is 5.56 Å². The molecule has 2 N–H and O–H groups in total. The van der Waals surface area contributed by atoms with Gasteiger partial charge in [0.05, 0.1) is 11.4 Å². The molecule has 2 heterocycles. The van der Waals surface area contributed by atoms with E-state index in [1.165, 1.54) is 16.9 Å². The topological polar surface area (TPSA) is 103 Å². The summed E-state index contributed by atoms with van der Waals surface area (Å²) in [6, 6.07) is 4.89. The van der Waals surface area contributed by atoms with Gasteiger partial charge in [-0.15, -0.1) is 0 Å². The number of nitrogens with one attached hydrogen (secondary N) is 1. The van der Waals surface area contributed by atoms with Crippen molar-refractivity contribution in [2.75, 3.05) is 18.5 Å². The van der Waals surface area contributed by atoms with Gasteiger partial charge in [0.1, 0.15) is 19.8 Å². The third kappa shape index (κ3) is 3.77. The van der Waals surface area contributed by atoms with Crippen LogP contribution in [0.25, 0.3) is 0 Å². The molecule has 1 aromatic heterocycles. The number of nitrogens with zero attached hydrogens (tertiary/aromatic N) is 2. The Kier molecular flexibility index (Phi) is 4.57. The average Bonchev–Trinajstić information content (AvgIpc) is 2.93. The predicted octanol–water partition coefficient (Wildman–Crippen LogP) is 1.57. The van der Waals surface area contributed by atoms with Gasteiger partial charge in [-0.25, -0.2) is 0 Å². The minimum atomic E-state index is -1.01. The number of carboxylic acids is 1. The highest BCUT2D eigenvalue weighted by Gasteiger charge is 2.18. The van der Waals surface area contributed by atoms with Crippen molar-refractivity contribution in [3.63, 3.8) is 0 Å². The summed E-state index contributed by atoms with van der Waals surface area (Å²) in [5, 5.41) is 15.6. The molecule has 1 aliphatic heterocycles. The molecule has 3 rings (SSSR count). The number of rotatable bonds is 5. The zero-order valence-corrected chi connectivity index (χ0v) is 13.2. The summed E-state index contributed by atoms with van der Waals surface area (Å²) in [4.78, 5) is 22.7. The Bertz CT molecular complexity index is 789. The first kappa shape index (κ1) is 16.1. The lowest BCUT2D eigenvalue weighted by molar-refractivity contribution is -0.137. The number of anilines is 1. The van der Waals surface area contributed by atoms with Crippen molar-refractivity contribution in [2.24, 2.45) is 0 Å².